The zero-order chi connectivity index (χ0) is 19.7. The lowest BCUT2D eigenvalue weighted by molar-refractivity contribution is -0.133. The highest BCUT2D eigenvalue weighted by molar-refractivity contribution is 5.95. The van der Waals surface area contributed by atoms with Gasteiger partial charge in [-0.2, -0.15) is 0 Å². The van der Waals surface area contributed by atoms with Crippen LogP contribution in [0.25, 0.3) is 0 Å². The number of anilines is 1. The first-order chi connectivity index (χ1) is 12.8. The predicted molar refractivity (Wildman–Crippen MR) is 106 cm³/mol. The summed E-state index contributed by atoms with van der Waals surface area (Å²) in [6.07, 6.45) is 2.89. The molecule has 0 saturated heterocycles. The number of carbonyl (C=O) groups excluding carboxylic acids is 2. The Kier molecular flexibility index (Phi) is 5.63. The molecule has 0 radical (unpaired) electrons. The Bertz CT molecular complexity index is 713. The lowest BCUT2D eigenvalue weighted by Gasteiger charge is -2.37. The number of rotatable bonds is 6. The summed E-state index contributed by atoms with van der Waals surface area (Å²) in [6.45, 7) is 5.50. The monoisotopic (exact) mass is 373 g/mol. The molecule has 1 saturated carbocycles. The van der Waals surface area contributed by atoms with Crippen LogP contribution in [0.5, 0.6) is 5.75 Å². The van der Waals surface area contributed by atoms with Crippen LogP contribution in [0.4, 0.5) is 5.69 Å². The van der Waals surface area contributed by atoms with E-state index >= 15 is 0 Å². The first-order valence-corrected chi connectivity index (χ1v) is 9.78. The molecule has 2 amide bonds. The largest absolute Gasteiger partial charge is 0.489 e. The number of hydrogen-bond acceptors (Lipinski definition) is 4. The van der Waals surface area contributed by atoms with Crippen LogP contribution in [0.1, 0.15) is 43.5 Å². The fraction of sp³-hybridized carbons (Fsp3) is 0.619. The van der Waals surface area contributed by atoms with E-state index in [0.29, 0.717) is 24.5 Å². The van der Waals surface area contributed by atoms with E-state index in [-0.39, 0.29) is 23.9 Å². The first-order valence-electron chi connectivity index (χ1n) is 9.78. The normalized spacial score (nSPS) is 18.7. The highest BCUT2D eigenvalue weighted by Gasteiger charge is 2.32. The van der Waals surface area contributed by atoms with E-state index < -0.39 is 0 Å². The summed E-state index contributed by atoms with van der Waals surface area (Å²) >= 11 is 0. The molecule has 27 heavy (non-hydrogen) atoms. The van der Waals surface area contributed by atoms with Gasteiger partial charge in [-0.05, 0) is 50.8 Å². The Morgan fingerprint density at radius 3 is 2.56 bits per heavy atom. The lowest BCUT2D eigenvalue weighted by Crippen LogP contribution is -2.46. The fourth-order valence-corrected chi connectivity index (χ4v) is 3.49. The van der Waals surface area contributed by atoms with Crippen LogP contribution < -0.4 is 9.64 Å². The van der Waals surface area contributed by atoms with Crippen LogP contribution >= 0.6 is 0 Å². The summed E-state index contributed by atoms with van der Waals surface area (Å²) in [4.78, 5) is 30.8. The van der Waals surface area contributed by atoms with Gasteiger partial charge in [-0.25, -0.2) is 0 Å². The Morgan fingerprint density at radius 2 is 1.96 bits per heavy atom. The molecule has 0 aromatic heterocycles. The molecule has 1 atom stereocenters. The maximum atomic E-state index is 12.9. The number of ether oxygens (including phenoxy) is 1. The Morgan fingerprint density at radius 1 is 1.26 bits per heavy atom. The van der Waals surface area contributed by atoms with Gasteiger partial charge < -0.3 is 19.4 Å². The number of fused-ring (bicyclic) bond motifs is 1. The van der Waals surface area contributed by atoms with Crippen molar-refractivity contribution in [1.29, 1.82) is 0 Å². The molecule has 1 heterocycles. The summed E-state index contributed by atoms with van der Waals surface area (Å²) in [5.74, 6) is 1.58. The van der Waals surface area contributed by atoms with Crippen molar-refractivity contribution in [2.45, 2.75) is 45.2 Å². The van der Waals surface area contributed by atoms with Crippen LogP contribution in [0.15, 0.2) is 18.2 Å². The first kappa shape index (κ1) is 19.5. The summed E-state index contributed by atoms with van der Waals surface area (Å²) in [7, 11) is 5.46. The predicted octanol–water partition coefficient (Wildman–Crippen LogP) is 2.62. The van der Waals surface area contributed by atoms with Gasteiger partial charge in [0, 0.05) is 39.3 Å². The third-order valence-corrected chi connectivity index (χ3v) is 5.48. The highest BCUT2D eigenvalue weighted by atomic mass is 16.5. The van der Waals surface area contributed by atoms with Crippen molar-refractivity contribution < 1.29 is 14.3 Å². The third-order valence-electron chi connectivity index (χ3n) is 5.48. The maximum Gasteiger partial charge on any atom is 0.253 e. The van der Waals surface area contributed by atoms with Crippen molar-refractivity contribution in [3.63, 3.8) is 0 Å². The second kappa shape index (κ2) is 7.79. The van der Waals surface area contributed by atoms with Gasteiger partial charge in [0.05, 0.1) is 18.2 Å². The van der Waals surface area contributed by atoms with E-state index in [9.17, 15) is 9.59 Å². The topological polar surface area (TPSA) is 53.1 Å². The number of amides is 2. The molecular weight excluding hydrogens is 342 g/mol. The standard InChI is InChI=1S/C21H31N3O3/c1-14(2)24(12-15-6-7-15)20(25)11-17-13-27-19-9-8-16(21(26)22(3)4)10-18(19)23(17)5/h8-10,14-15,17H,6-7,11-13H2,1-5H3. The van der Waals surface area contributed by atoms with Gasteiger partial charge in [0.1, 0.15) is 12.4 Å². The van der Waals surface area contributed by atoms with Crippen molar-refractivity contribution in [1.82, 2.24) is 9.80 Å². The lowest BCUT2D eigenvalue weighted by atomic mass is 10.1. The summed E-state index contributed by atoms with van der Waals surface area (Å²) in [5, 5.41) is 0. The molecular formula is C21H31N3O3. The second-order valence-corrected chi connectivity index (χ2v) is 8.25. The van der Waals surface area contributed by atoms with Crippen molar-refractivity contribution >= 4 is 17.5 Å². The SMILES string of the molecule is CC(C)N(CC1CC1)C(=O)CC1COc2ccc(C(=O)N(C)C)cc2N1C. The van der Waals surface area contributed by atoms with E-state index in [1.807, 2.05) is 24.1 Å². The number of likely N-dealkylation sites (N-methyl/N-ethyl adjacent to an activating group) is 1. The van der Waals surface area contributed by atoms with Gasteiger partial charge >= 0.3 is 0 Å². The Labute approximate surface area is 162 Å². The molecule has 1 aliphatic heterocycles. The minimum absolute atomic E-state index is 0.0323. The van der Waals surface area contributed by atoms with Crippen LogP contribution in [0.3, 0.4) is 0 Å². The van der Waals surface area contributed by atoms with E-state index in [2.05, 4.69) is 18.7 Å². The van der Waals surface area contributed by atoms with Crippen LogP contribution in [-0.4, -0.2) is 68.0 Å². The van der Waals surface area contributed by atoms with Gasteiger partial charge in [0.15, 0.2) is 0 Å². The summed E-state index contributed by atoms with van der Waals surface area (Å²) < 4.78 is 5.90. The molecule has 1 aliphatic carbocycles. The van der Waals surface area contributed by atoms with Crippen LogP contribution in [0.2, 0.25) is 0 Å². The Balaban J connectivity index is 1.73. The van der Waals surface area contributed by atoms with E-state index in [1.165, 1.54) is 12.8 Å². The van der Waals surface area contributed by atoms with Crippen LogP contribution in [-0.2, 0) is 4.79 Å². The minimum atomic E-state index is -0.0418. The van der Waals surface area contributed by atoms with E-state index in [1.54, 1.807) is 25.1 Å². The quantitative estimate of drug-likeness (QED) is 0.769. The van der Waals surface area contributed by atoms with Gasteiger partial charge in [-0.1, -0.05) is 0 Å². The third kappa shape index (κ3) is 4.37. The molecule has 3 rings (SSSR count). The van der Waals surface area contributed by atoms with Gasteiger partial charge in [-0.3, -0.25) is 9.59 Å². The maximum absolute atomic E-state index is 12.9. The number of hydrogen-bond donors (Lipinski definition) is 0. The van der Waals surface area contributed by atoms with Crippen LogP contribution in [0, 0.1) is 5.92 Å². The van der Waals surface area contributed by atoms with Gasteiger partial charge in [-0.15, -0.1) is 0 Å². The van der Waals surface area contributed by atoms with Gasteiger partial charge in [0.25, 0.3) is 5.91 Å². The van der Waals surface area contributed by atoms with Crippen molar-refractivity contribution in [3.8, 4) is 5.75 Å². The molecule has 6 heteroatoms. The summed E-state index contributed by atoms with van der Waals surface area (Å²) in [6, 6.07) is 5.67. The van der Waals surface area contributed by atoms with Crippen molar-refractivity contribution in [2.75, 3.05) is 39.2 Å². The molecule has 1 fully saturated rings. The number of benzene rings is 1. The molecule has 0 bridgehead atoms. The van der Waals surface area contributed by atoms with Crippen molar-refractivity contribution in [2.24, 2.45) is 5.92 Å². The molecule has 148 valence electrons. The molecule has 1 aromatic rings. The zero-order valence-electron chi connectivity index (χ0n) is 17.1. The molecule has 1 aromatic carbocycles. The summed E-state index contributed by atoms with van der Waals surface area (Å²) in [5.41, 5.74) is 1.49. The molecule has 2 aliphatic rings. The van der Waals surface area contributed by atoms with Crippen molar-refractivity contribution in [3.05, 3.63) is 23.8 Å². The average molecular weight is 373 g/mol. The number of nitrogens with zero attached hydrogens (tertiary/aromatic N) is 3. The highest BCUT2D eigenvalue weighted by Crippen LogP contribution is 2.35. The van der Waals surface area contributed by atoms with Gasteiger partial charge in [0.2, 0.25) is 5.91 Å². The van der Waals surface area contributed by atoms with E-state index in [0.717, 1.165) is 18.0 Å². The molecule has 0 spiro atoms. The average Bonchev–Trinajstić information content (AvgIpc) is 3.45. The fourth-order valence-electron chi connectivity index (χ4n) is 3.49. The molecule has 1 unspecified atom stereocenters. The Hall–Kier alpha value is -2.24. The smallest absolute Gasteiger partial charge is 0.253 e. The molecule has 6 nitrogen and oxygen atoms in total. The van der Waals surface area contributed by atoms with E-state index in [4.69, 9.17) is 4.74 Å². The number of carbonyl (C=O) groups is 2. The molecule has 0 N–H and O–H groups in total. The second-order valence-electron chi connectivity index (χ2n) is 8.25. The minimum Gasteiger partial charge on any atom is -0.489 e. The zero-order valence-corrected chi connectivity index (χ0v) is 17.1.